The van der Waals surface area contributed by atoms with Gasteiger partial charge >= 0.3 is 0 Å². The highest BCUT2D eigenvalue weighted by Gasteiger charge is 2.08. The Bertz CT molecular complexity index is 848. The van der Waals surface area contributed by atoms with Gasteiger partial charge in [0, 0.05) is 28.5 Å². The summed E-state index contributed by atoms with van der Waals surface area (Å²) in [7, 11) is 0. The van der Waals surface area contributed by atoms with E-state index in [1.165, 1.54) is 11.8 Å². The normalized spacial score (nSPS) is 10.6. The summed E-state index contributed by atoms with van der Waals surface area (Å²) in [4.78, 5) is 16.4. The van der Waals surface area contributed by atoms with Crippen LogP contribution in [-0.4, -0.2) is 16.6 Å². The van der Waals surface area contributed by atoms with Gasteiger partial charge in [-0.1, -0.05) is 30.3 Å². The molecule has 3 nitrogen and oxygen atoms in total. The maximum atomic E-state index is 13.1. The summed E-state index contributed by atoms with van der Waals surface area (Å²) in [6.45, 7) is 0. The number of aromatic nitrogens is 1. The Kier molecular flexibility index (Phi) is 5.78. The Morgan fingerprint density at radius 1 is 1.12 bits per heavy atom. The van der Waals surface area contributed by atoms with Crippen LogP contribution in [-0.2, 0) is 10.5 Å². The Morgan fingerprint density at radius 2 is 1.84 bits per heavy atom. The Balaban J connectivity index is 1.49. The SMILES string of the molecule is O=C(CSCc1csc(-c2ccccc2)n1)Nc1cc(F)cc(F)c1. The van der Waals surface area contributed by atoms with Crippen molar-refractivity contribution in [3.63, 3.8) is 0 Å². The van der Waals surface area contributed by atoms with Gasteiger partial charge in [-0.15, -0.1) is 23.1 Å². The molecular formula is C18H14F2N2OS2. The van der Waals surface area contributed by atoms with E-state index in [2.05, 4.69) is 10.3 Å². The first-order chi connectivity index (χ1) is 12.1. The molecule has 0 aliphatic heterocycles. The quantitative estimate of drug-likeness (QED) is 0.661. The second kappa shape index (κ2) is 8.22. The number of hydrogen-bond donors (Lipinski definition) is 1. The van der Waals surface area contributed by atoms with Crippen molar-refractivity contribution < 1.29 is 13.6 Å². The second-order valence-corrected chi connectivity index (χ2v) is 7.05. The number of anilines is 1. The predicted molar refractivity (Wildman–Crippen MR) is 98.7 cm³/mol. The number of carbonyl (C=O) groups is 1. The highest BCUT2D eigenvalue weighted by molar-refractivity contribution is 7.99. The first kappa shape index (κ1) is 17.6. The summed E-state index contributed by atoms with van der Waals surface area (Å²) in [6.07, 6.45) is 0. The second-order valence-electron chi connectivity index (χ2n) is 5.21. The van der Waals surface area contributed by atoms with Crippen LogP contribution in [0.1, 0.15) is 5.69 Å². The van der Waals surface area contributed by atoms with Gasteiger partial charge in [0.15, 0.2) is 0 Å². The predicted octanol–water partition coefficient (Wildman–Crippen LogP) is 4.96. The highest BCUT2D eigenvalue weighted by Crippen LogP contribution is 2.25. The molecular weight excluding hydrogens is 362 g/mol. The lowest BCUT2D eigenvalue weighted by molar-refractivity contribution is -0.113. The van der Waals surface area contributed by atoms with Crippen LogP contribution >= 0.6 is 23.1 Å². The lowest BCUT2D eigenvalue weighted by Crippen LogP contribution is -2.14. The molecule has 1 heterocycles. The number of hydrogen-bond acceptors (Lipinski definition) is 4. The highest BCUT2D eigenvalue weighted by atomic mass is 32.2. The molecule has 0 spiro atoms. The summed E-state index contributed by atoms with van der Waals surface area (Å²) in [5, 5.41) is 5.39. The van der Waals surface area contributed by atoms with Gasteiger partial charge in [0.2, 0.25) is 5.91 Å². The molecule has 0 fully saturated rings. The van der Waals surface area contributed by atoms with Crippen molar-refractivity contribution in [1.29, 1.82) is 0 Å². The number of nitrogens with zero attached hydrogens (tertiary/aromatic N) is 1. The molecule has 0 saturated carbocycles. The van der Waals surface area contributed by atoms with E-state index in [0.29, 0.717) is 5.75 Å². The molecule has 2 aromatic carbocycles. The minimum Gasteiger partial charge on any atom is -0.325 e. The lowest BCUT2D eigenvalue weighted by atomic mass is 10.2. The van der Waals surface area contributed by atoms with Gasteiger partial charge in [-0.05, 0) is 12.1 Å². The zero-order valence-electron chi connectivity index (χ0n) is 13.0. The first-order valence-electron chi connectivity index (χ1n) is 7.43. The van der Waals surface area contributed by atoms with Crippen LogP contribution < -0.4 is 5.32 Å². The lowest BCUT2D eigenvalue weighted by Gasteiger charge is -2.05. The van der Waals surface area contributed by atoms with Crippen molar-refractivity contribution in [3.05, 3.63) is 71.2 Å². The Hall–Kier alpha value is -2.25. The number of thioether (sulfide) groups is 1. The van der Waals surface area contributed by atoms with Crippen LogP contribution in [0.5, 0.6) is 0 Å². The molecule has 0 saturated heterocycles. The number of carbonyl (C=O) groups excluding carboxylic acids is 1. The Morgan fingerprint density at radius 3 is 2.56 bits per heavy atom. The molecule has 0 unspecified atom stereocenters. The average molecular weight is 376 g/mol. The van der Waals surface area contributed by atoms with Gasteiger partial charge in [-0.3, -0.25) is 4.79 Å². The van der Waals surface area contributed by atoms with Crippen molar-refractivity contribution in [2.45, 2.75) is 5.75 Å². The van der Waals surface area contributed by atoms with Crippen LogP contribution in [0.3, 0.4) is 0 Å². The summed E-state index contributed by atoms with van der Waals surface area (Å²) in [6, 6.07) is 12.8. The number of benzene rings is 2. The maximum Gasteiger partial charge on any atom is 0.234 e. The van der Waals surface area contributed by atoms with Gasteiger partial charge in [-0.2, -0.15) is 0 Å². The van der Waals surface area contributed by atoms with E-state index in [0.717, 1.165) is 34.5 Å². The van der Waals surface area contributed by atoms with E-state index < -0.39 is 11.6 Å². The van der Waals surface area contributed by atoms with E-state index in [9.17, 15) is 13.6 Å². The molecule has 0 bridgehead atoms. The monoisotopic (exact) mass is 376 g/mol. The van der Waals surface area contributed by atoms with E-state index in [-0.39, 0.29) is 17.3 Å². The fraction of sp³-hybridized carbons (Fsp3) is 0.111. The number of amides is 1. The molecule has 128 valence electrons. The number of halogens is 2. The molecule has 0 atom stereocenters. The maximum absolute atomic E-state index is 13.1. The van der Waals surface area contributed by atoms with E-state index in [1.807, 2.05) is 35.7 Å². The summed E-state index contributed by atoms with van der Waals surface area (Å²) in [5.41, 5.74) is 2.08. The van der Waals surface area contributed by atoms with E-state index >= 15 is 0 Å². The molecule has 1 aromatic heterocycles. The van der Waals surface area contributed by atoms with Gasteiger partial charge < -0.3 is 5.32 Å². The third-order valence-corrected chi connectivity index (χ3v) is 5.11. The van der Waals surface area contributed by atoms with Crippen molar-refractivity contribution in [3.8, 4) is 10.6 Å². The Labute approximate surface area is 152 Å². The number of rotatable bonds is 6. The first-order valence-corrected chi connectivity index (χ1v) is 9.47. The molecule has 7 heteroatoms. The summed E-state index contributed by atoms with van der Waals surface area (Å²) >= 11 is 2.95. The largest absolute Gasteiger partial charge is 0.325 e. The summed E-state index contributed by atoms with van der Waals surface area (Å²) < 4.78 is 26.2. The van der Waals surface area contributed by atoms with Gasteiger partial charge in [0.25, 0.3) is 0 Å². The third kappa shape index (κ3) is 5.11. The molecule has 3 rings (SSSR count). The van der Waals surface area contributed by atoms with Crippen LogP contribution in [0.2, 0.25) is 0 Å². The van der Waals surface area contributed by atoms with E-state index in [1.54, 1.807) is 11.3 Å². The van der Waals surface area contributed by atoms with Gasteiger partial charge in [-0.25, -0.2) is 13.8 Å². The topological polar surface area (TPSA) is 42.0 Å². The number of thiazole rings is 1. The van der Waals surface area contributed by atoms with Crippen molar-refractivity contribution in [2.24, 2.45) is 0 Å². The molecule has 3 aromatic rings. The van der Waals surface area contributed by atoms with Crippen LogP contribution in [0.25, 0.3) is 10.6 Å². The number of nitrogens with one attached hydrogen (secondary N) is 1. The zero-order valence-corrected chi connectivity index (χ0v) is 14.7. The standard InChI is InChI=1S/C18H14F2N2OS2/c19-13-6-14(20)8-15(7-13)21-17(23)11-24-9-16-10-25-18(22-16)12-4-2-1-3-5-12/h1-8,10H,9,11H2,(H,21,23). The molecule has 1 N–H and O–H groups in total. The van der Waals surface area contributed by atoms with Crippen molar-refractivity contribution in [1.82, 2.24) is 4.98 Å². The van der Waals surface area contributed by atoms with E-state index in [4.69, 9.17) is 0 Å². The molecule has 0 aliphatic carbocycles. The minimum atomic E-state index is -0.723. The van der Waals surface area contributed by atoms with Gasteiger partial charge in [0.05, 0.1) is 11.4 Å². The van der Waals surface area contributed by atoms with Gasteiger partial charge in [0.1, 0.15) is 16.6 Å². The molecule has 25 heavy (non-hydrogen) atoms. The molecule has 1 amide bonds. The summed E-state index contributed by atoms with van der Waals surface area (Å²) in [5.74, 6) is -0.990. The molecule has 0 aliphatic rings. The fourth-order valence-corrected chi connectivity index (χ4v) is 3.81. The third-order valence-electron chi connectivity index (χ3n) is 3.20. The molecule has 0 radical (unpaired) electrons. The zero-order chi connectivity index (χ0) is 17.6. The minimum absolute atomic E-state index is 0.114. The average Bonchev–Trinajstić information content (AvgIpc) is 3.03. The van der Waals surface area contributed by atoms with Crippen LogP contribution in [0.15, 0.2) is 53.9 Å². The van der Waals surface area contributed by atoms with Crippen LogP contribution in [0, 0.1) is 11.6 Å². The van der Waals surface area contributed by atoms with Crippen molar-refractivity contribution in [2.75, 3.05) is 11.1 Å². The fourth-order valence-electron chi connectivity index (χ4n) is 2.16. The smallest absolute Gasteiger partial charge is 0.234 e. The van der Waals surface area contributed by atoms with Crippen LogP contribution in [0.4, 0.5) is 14.5 Å². The van der Waals surface area contributed by atoms with Crippen molar-refractivity contribution >= 4 is 34.7 Å².